The highest BCUT2D eigenvalue weighted by Crippen LogP contribution is 2.25. The SMILES string of the molecule is O=C(CCCC1CCN(Cc2ccc(N3CCOCC3)cc2)CC1)c1ncco1. The molecule has 29 heavy (non-hydrogen) atoms. The Bertz CT molecular complexity index is 746. The van der Waals surface area contributed by atoms with Gasteiger partial charge in [0.05, 0.1) is 19.4 Å². The number of morpholine rings is 1. The van der Waals surface area contributed by atoms with Gasteiger partial charge < -0.3 is 14.1 Å². The quantitative estimate of drug-likeness (QED) is 0.632. The summed E-state index contributed by atoms with van der Waals surface area (Å²) in [5.74, 6) is 1.000. The van der Waals surface area contributed by atoms with Crippen molar-refractivity contribution < 1.29 is 13.9 Å². The van der Waals surface area contributed by atoms with E-state index in [4.69, 9.17) is 9.15 Å². The van der Waals surface area contributed by atoms with Gasteiger partial charge in [0, 0.05) is 31.7 Å². The van der Waals surface area contributed by atoms with Crippen LogP contribution in [0.4, 0.5) is 5.69 Å². The van der Waals surface area contributed by atoms with E-state index in [1.165, 1.54) is 36.6 Å². The van der Waals surface area contributed by atoms with Crippen molar-refractivity contribution in [3.05, 3.63) is 48.2 Å². The number of oxazole rings is 1. The number of carbonyl (C=O) groups is 1. The summed E-state index contributed by atoms with van der Waals surface area (Å²) < 4.78 is 10.5. The molecule has 0 aliphatic carbocycles. The van der Waals surface area contributed by atoms with Gasteiger partial charge in [0.2, 0.25) is 5.78 Å². The minimum absolute atomic E-state index is 0.0213. The fourth-order valence-corrected chi connectivity index (χ4v) is 4.34. The van der Waals surface area contributed by atoms with Crippen LogP contribution in [-0.2, 0) is 11.3 Å². The molecule has 156 valence electrons. The summed E-state index contributed by atoms with van der Waals surface area (Å²) in [6.45, 7) is 6.92. The van der Waals surface area contributed by atoms with Crippen molar-refractivity contribution in [1.82, 2.24) is 9.88 Å². The van der Waals surface area contributed by atoms with Crippen LogP contribution in [-0.4, -0.2) is 55.1 Å². The highest BCUT2D eigenvalue weighted by molar-refractivity contribution is 5.91. The van der Waals surface area contributed by atoms with Gasteiger partial charge in [0.1, 0.15) is 6.26 Å². The molecular formula is C23H31N3O3. The lowest BCUT2D eigenvalue weighted by Crippen LogP contribution is -2.36. The topological polar surface area (TPSA) is 58.8 Å². The molecule has 0 saturated carbocycles. The number of rotatable bonds is 8. The number of Topliss-reactive ketones (excluding diaryl/α,β-unsaturated/α-hetero) is 1. The summed E-state index contributed by atoms with van der Waals surface area (Å²) in [7, 11) is 0. The summed E-state index contributed by atoms with van der Waals surface area (Å²) >= 11 is 0. The normalized spacial score (nSPS) is 18.8. The molecule has 1 aromatic carbocycles. The maximum Gasteiger partial charge on any atom is 0.263 e. The third-order valence-corrected chi connectivity index (χ3v) is 6.11. The van der Waals surface area contributed by atoms with Crippen LogP contribution < -0.4 is 4.90 Å². The van der Waals surface area contributed by atoms with Crippen molar-refractivity contribution in [3.63, 3.8) is 0 Å². The van der Waals surface area contributed by atoms with E-state index >= 15 is 0 Å². The van der Waals surface area contributed by atoms with E-state index < -0.39 is 0 Å². The van der Waals surface area contributed by atoms with E-state index in [2.05, 4.69) is 39.0 Å². The molecule has 2 aromatic rings. The van der Waals surface area contributed by atoms with Crippen molar-refractivity contribution >= 4 is 11.5 Å². The summed E-state index contributed by atoms with van der Waals surface area (Å²) in [5.41, 5.74) is 2.69. The van der Waals surface area contributed by atoms with E-state index in [-0.39, 0.29) is 11.7 Å². The van der Waals surface area contributed by atoms with Gasteiger partial charge in [-0.1, -0.05) is 12.1 Å². The van der Waals surface area contributed by atoms with Gasteiger partial charge in [-0.3, -0.25) is 9.69 Å². The number of ether oxygens (including phenoxy) is 1. The molecule has 0 N–H and O–H groups in total. The highest BCUT2D eigenvalue weighted by atomic mass is 16.5. The first kappa shape index (κ1) is 20.1. The zero-order valence-corrected chi connectivity index (χ0v) is 17.1. The second kappa shape index (κ2) is 10.0. The second-order valence-corrected chi connectivity index (χ2v) is 8.14. The molecule has 2 aliphatic heterocycles. The molecule has 1 aromatic heterocycles. The third-order valence-electron chi connectivity index (χ3n) is 6.11. The fourth-order valence-electron chi connectivity index (χ4n) is 4.34. The predicted octanol–water partition coefficient (Wildman–Crippen LogP) is 3.78. The zero-order valence-electron chi connectivity index (χ0n) is 17.1. The Morgan fingerprint density at radius 3 is 2.52 bits per heavy atom. The van der Waals surface area contributed by atoms with Crippen LogP contribution in [0.3, 0.4) is 0 Å². The molecule has 0 amide bonds. The van der Waals surface area contributed by atoms with Crippen LogP contribution in [0.5, 0.6) is 0 Å². The monoisotopic (exact) mass is 397 g/mol. The van der Waals surface area contributed by atoms with E-state index in [1.54, 1.807) is 0 Å². The third kappa shape index (κ3) is 5.67. The van der Waals surface area contributed by atoms with Crippen LogP contribution >= 0.6 is 0 Å². The van der Waals surface area contributed by atoms with Crippen molar-refractivity contribution in [2.45, 2.75) is 38.6 Å². The van der Waals surface area contributed by atoms with Gasteiger partial charge in [-0.2, -0.15) is 0 Å². The number of hydrogen-bond donors (Lipinski definition) is 0. The standard InChI is InChI=1S/C23H31N3O3/c27-22(23-24-10-15-29-23)3-1-2-19-8-11-25(12-9-19)18-20-4-6-21(7-5-20)26-13-16-28-17-14-26/h4-7,10,15,19H,1-3,8-9,11-14,16-18H2. The summed E-state index contributed by atoms with van der Waals surface area (Å²) in [6.07, 6.45) is 8.01. The Kier molecular flexibility index (Phi) is 6.96. The van der Waals surface area contributed by atoms with Crippen molar-refractivity contribution in [2.75, 3.05) is 44.3 Å². The first-order chi connectivity index (χ1) is 14.3. The number of hydrogen-bond acceptors (Lipinski definition) is 6. The molecule has 0 radical (unpaired) electrons. The van der Waals surface area contributed by atoms with Gasteiger partial charge >= 0.3 is 0 Å². The molecule has 4 rings (SSSR count). The van der Waals surface area contributed by atoms with Gasteiger partial charge in [-0.05, 0) is 62.4 Å². The minimum atomic E-state index is 0.0213. The van der Waals surface area contributed by atoms with E-state index in [0.29, 0.717) is 6.42 Å². The minimum Gasteiger partial charge on any atom is -0.442 e. The molecule has 0 bridgehead atoms. The van der Waals surface area contributed by atoms with Crippen LogP contribution in [0.1, 0.15) is 48.4 Å². The highest BCUT2D eigenvalue weighted by Gasteiger charge is 2.20. The number of likely N-dealkylation sites (tertiary alicyclic amines) is 1. The molecule has 6 nitrogen and oxygen atoms in total. The molecule has 2 saturated heterocycles. The number of piperidine rings is 1. The summed E-state index contributed by atoms with van der Waals surface area (Å²) in [4.78, 5) is 20.8. The molecule has 2 fully saturated rings. The molecule has 2 aliphatic rings. The van der Waals surface area contributed by atoms with Gasteiger partial charge in [0.15, 0.2) is 0 Å². The maximum absolute atomic E-state index is 12.0. The Morgan fingerprint density at radius 1 is 1.07 bits per heavy atom. The Labute approximate surface area is 172 Å². The molecule has 0 spiro atoms. The molecule has 0 unspecified atom stereocenters. The second-order valence-electron chi connectivity index (χ2n) is 8.14. The lowest BCUT2D eigenvalue weighted by molar-refractivity contribution is 0.0940. The van der Waals surface area contributed by atoms with E-state index in [1.807, 2.05) is 0 Å². The van der Waals surface area contributed by atoms with Crippen molar-refractivity contribution in [2.24, 2.45) is 5.92 Å². The Morgan fingerprint density at radius 2 is 1.83 bits per heavy atom. The number of nitrogens with zero attached hydrogens (tertiary/aromatic N) is 3. The smallest absolute Gasteiger partial charge is 0.263 e. The first-order valence-electron chi connectivity index (χ1n) is 10.8. The van der Waals surface area contributed by atoms with Gasteiger partial charge in [-0.15, -0.1) is 0 Å². The van der Waals surface area contributed by atoms with Crippen molar-refractivity contribution in [1.29, 1.82) is 0 Å². The molecular weight excluding hydrogens is 366 g/mol. The van der Waals surface area contributed by atoms with Crippen LogP contribution in [0.25, 0.3) is 0 Å². The largest absolute Gasteiger partial charge is 0.442 e. The van der Waals surface area contributed by atoms with Crippen LogP contribution in [0.2, 0.25) is 0 Å². The molecule has 3 heterocycles. The average molecular weight is 398 g/mol. The average Bonchev–Trinajstić information content (AvgIpc) is 3.31. The Hall–Kier alpha value is -2.18. The van der Waals surface area contributed by atoms with E-state index in [0.717, 1.165) is 64.7 Å². The lowest BCUT2D eigenvalue weighted by atomic mass is 9.91. The number of ketones is 1. The lowest BCUT2D eigenvalue weighted by Gasteiger charge is -2.32. The first-order valence-corrected chi connectivity index (χ1v) is 10.8. The zero-order chi connectivity index (χ0) is 19.9. The molecule has 0 atom stereocenters. The maximum atomic E-state index is 12.0. The van der Waals surface area contributed by atoms with Crippen molar-refractivity contribution in [3.8, 4) is 0 Å². The summed E-state index contributed by atoms with van der Waals surface area (Å²) in [6, 6.07) is 9.03. The number of anilines is 1. The predicted molar refractivity (Wildman–Crippen MR) is 112 cm³/mol. The number of benzene rings is 1. The fraction of sp³-hybridized carbons (Fsp3) is 0.565. The summed E-state index contributed by atoms with van der Waals surface area (Å²) in [5, 5.41) is 0. The number of carbonyl (C=O) groups excluding carboxylic acids is 1. The molecule has 6 heteroatoms. The van der Waals surface area contributed by atoms with Gasteiger partial charge in [-0.25, -0.2) is 4.98 Å². The van der Waals surface area contributed by atoms with E-state index in [9.17, 15) is 4.79 Å². The Balaban J connectivity index is 1.15. The van der Waals surface area contributed by atoms with Gasteiger partial charge in [0.25, 0.3) is 5.89 Å². The number of aromatic nitrogens is 1. The van der Waals surface area contributed by atoms with Crippen LogP contribution in [0.15, 0.2) is 41.1 Å². The van der Waals surface area contributed by atoms with Crippen LogP contribution in [0, 0.1) is 5.92 Å².